The maximum Gasteiger partial charge on any atom is 0.316 e. The van der Waals surface area contributed by atoms with Crippen LogP contribution >= 0.6 is 0 Å². The van der Waals surface area contributed by atoms with E-state index in [1.165, 1.54) is 11.1 Å². The second-order valence-electron chi connectivity index (χ2n) is 10.7. The number of ether oxygens (including phenoxy) is 1. The summed E-state index contributed by atoms with van der Waals surface area (Å²) >= 11 is 0. The standard InChI is InChI=1S/C33H32N2O4/c1-3-38-32(37)33(18-19-33)25-15-12-22(13-16-25)21-8-10-24(11-9-21)30-28(20(2)35-39-30)29(31(34)36)27-17-14-23-6-4-5-7-26(23)27/h4-13,15-16,27,29H,3,14,17-19H2,1-2H3,(H2,34,36)/t27?,29-/m0/s1. The third-order valence-corrected chi connectivity index (χ3v) is 8.44. The molecule has 2 atom stereocenters. The molecule has 2 aliphatic carbocycles. The average Bonchev–Trinajstić information content (AvgIpc) is 3.54. The molecular formula is C33H32N2O4. The second kappa shape index (κ2) is 9.84. The Balaban J connectivity index is 1.28. The number of aryl methyl sites for hydroxylation is 2. The Kier molecular flexibility index (Phi) is 6.34. The van der Waals surface area contributed by atoms with E-state index in [0.29, 0.717) is 18.1 Å². The highest BCUT2D eigenvalue weighted by Crippen LogP contribution is 2.50. The van der Waals surface area contributed by atoms with E-state index in [1.54, 1.807) is 0 Å². The number of carbonyl (C=O) groups excluding carboxylic acids is 2. The zero-order valence-corrected chi connectivity index (χ0v) is 22.3. The average molecular weight is 521 g/mol. The number of rotatable bonds is 8. The highest BCUT2D eigenvalue weighted by molar-refractivity contribution is 5.87. The van der Waals surface area contributed by atoms with Gasteiger partial charge in [0.1, 0.15) is 0 Å². The molecule has 6 rings (SSSR count). The van der Waals surface area contributed by atoms with Crippen LogP contribution in [0.5, 0.6) is 0 Å². The summed E-state index contributed by atoms with van der Waals surface area (Å²) < 4.78 is 11.1. The molecule has 39 heavy (non-hydrogen) atoms. The van der Waals surface area contributed by atoms with Crippen molar-refractivity contribution in [2.75, 3.05) is 6.61 Å². The first-order valence-electron chi connectivity index (χ1n) is 13.6. The third-order valence-electron chi connectivity index (χ3n) is 8.44. The summed E-state index contributed by atoms with van der Waals surface area (Å²) in [5, 5.41) is 4.25. The van der Waals surface area contributed by atoms with Crippen molar-refractivity contribution in [3.05, 3.63) is 101 Å². The van der Waals surface area contributed by atoms with Crippen LogP contribution in [0.15, 0.2) is 77.3 Å². The highest BCUT2D eigenvalue weighted by atomic mass is 16.5. The molecule has 3 aromatic carbocycles. The Bertz CT molecular complexity index is 1530. The van der Waals surface area contributed by atoms with Gasteiger partial charge < -0.3 is 15.0 Å². The first kappa shape index (κ1) is 25.1. The summed E-state index contributed by atoms with van der Waals surface area (Å²) in [6.45, 7) is 4.11. The summed E-state index contributed by atoms with van der Waals surface area (Å²) in [5.74, 6) is -0.422. The largest absolute Gasteiger partial charge is 0.465 e. The lowest BCUT2D eigenvalue weighted by Crippen LogP contribution is -2.27. The van der Waals surface area contributed by atoms with Crippen LogP contribution in [0.3, 0.4) is 0 Å². The van der Waals surface area contributed by atoms with Crippen LogP contribution in [-0.2, 0) is 26.2 Å². The van der Waals surface area contributed by atoms with Gasteiger partial charge in [0.15, 0.2) is 5.76 Å². The van der Waals surface area contributed by atoms with E-state index in [9.17, 15) is 9.59 Å². The molecule has 0 radical (unpaired) electrons. The second-order valence-corrected chi connectivity index (χ2v) is 10.7. The van der Waals surface area contributed by atoms with E-state index in [1.807, 2.05) is 74.5 Å². The van der Waals surface area contributed by atoms with E-state index < -0.39 is 11.3 Å². The predicted octanol–water partition coefficient (Wildman–Crippen LogP) is 6.21. The molecule has 6 heteroatoms. The molecule has 0 bridgehead atoms. The number of hydrogen-bond acceptors (Lipinski definition) is 5. The van der Waals surface area contributed by atoms with E-state index in [-0.39, 0.29) is 17.8 Å². The van der Waals surface area contributed by atoms with Crippen molar-refractivity contribution in [1.29, 1.82) is 0 Å². The van der Waals surface area contributed by atoms with Crippen LogP contribution in [-0.4, -0.2) is 23.6 Å². The van der Waals surface area contributed by atoms with Crippen LogP contribution in [0, 0.1) is 6.92 Å². The molecule has 2 N–H and O–H groups in total. The first-order chi connectivity index (χ1) is 18.9. The number of primary amides is 1. The van der Waals surface area contributed by atoms with E-state index in [0.717, 1.165) is 53.5 Å². The molecule has 198 valence electrons. The van der Waals surface area contributed by atoms with Crippen molar-refractivity contribution in [2.45, 2.75) is 56.8 Å². The molecule has 1 aromatic heterocycles. The molecule has 0 saturated heterocycles. The molecule has 6 nitrogen and oxygen atoms in total. The third kappa shape index (κ3) is 4.34. The Hall–Kier alpha value is -4.19. The van der Waals surface area contributed by atoms with Crippen LogP contribution in [0.4, 0.5) is 0 Å². The van der Waals surface area contributed by atoms with Gasteiger partial charge in [-0.25, -0.2) is 0 Å². The predicted molar refractivity (Wildman–Crippen MR) is 149 cm³/mol. The van der Waals surface area contributed by atoms with Crippen LogP contribution in [0.2, 0.25) is 0 Å². The van der Waals surface area contributed by atoms with Crippen LogP contribution in [0.1, 0.15) is 66.0 Å². The Morgan fingerprint density at radius 1 is 1.00 bits per heavy atom. The van der Waals surface area contributed by atoms with Gasteiger partial charge in [-0.05, 0) is 67.3 Å². The van der Waals surface area contributed by atoms with Gasteiger partial charge >= 0.3 is 5.97 Å². The molecule has 1 heterocycles. The van der Waals surface area contributed by atoms with Crippen LogP contribution in [0.25, 0.3) is 22.5 Å². The van der Waals surface area contributed by atoms with E-state index in [2.05, 4.69) is 17.3 Å². The maximum absolute atomic E-state index is 12.9. The molecule has 1 saturated carbocycles. The van der Waals surface area contributed by atoms with Gasteiger partial charge in [0.25, 0.3) is 0 Å². The fourth-order valence-corrected chi connectivity index (χ4v) is 6.23. The highest BCUT2D eigenvalue weighted by Gasteiger charge is 2.52. The van der Waals surface area contributed by atoms with Gasteiger partial charge in [0, 0.05) is 17.0 Å². The van der Waals surface area contributed by atoms with Gasteiger partial charge in [-0.1, -0.05) is 78.0 Å². The van der Waals surface area contributed by atoms with Crippen LogP contribution < -0.4 is 5.73 Å². The van der Waals surface area contributed by atoms with Gasteiger partial charge in [0.2, 0.25) is 5.91 Å². The fourth-order valence-electron chi connectivity index (χ4n) is 6.23. The maximum atomic E-state index is 12.9. The minimum atomic E-state index is -0.517. The first-order valence-corrected chi connectivity index (χ1v) is 13.6. The molecule has 0 aliphatic heterocycles. The van der Waals surface area contributed by atoms with Gasteiger partial charge in [0.05, 0.1) is 23.6 Å². The van der Waals surface area contributed by atoms with Crippen molar-refractivity contribution >= 4 is 11.9 Å². The normalized spacial score (nSPS) is 17.8. The minimum Gasteiger partial charge on any atom is -0.465 e. The number of amides is 1. The number of carbonyl (C=O) groups is 2. The minimum absolute atomic E-state index is 0.00212. The van der Waals surface area contributed by atoms with Crippen molar-refractivity contribution in [3.8, 4) is 22.5 Å². The van der Waals surface area contributed by atoms with Crippen molar-refractivity contribution < 1.29 is 18.8 Å². The molecule has 1 fully saturated rings. The summed E-state index contributed by atoms with van der Waals surface area (Å²) in [5.41, 5.74) is 13.4. The van der Waals surface area contributed by atoms with Crippen molar-refractivity contribution in [2.24, 2.45) is 5.73 Å². The smallest absolute Gasteiger partial charge is 0.316 e. The SMILES string of the molecule is CCOC(=O)C1(c2ccc(-c3ccc(-c4onc(C)c4[C@@H](C(N)=O)C4CCc5ccccc54)cc3)cc2)CC1. The number of esters is 1. The molecular weight excluding hydrogens is 488 g/mol. The molecule has 4 aromatic rings. The number of fused-ring (bicyclic) bond motifs is 1. The summed E-state index contributed by atoms with van der Waals surface area (Å²) in [6, 6.07) is 24.5. The Labute approximate surface area is 228 Å². The zero-order chi connectivity index (χ0) is 27.1. The zero-order valence-electron chi connectivity index (χ0n) is 22.3. The lowest BCUT2D eigenvalue weighted by atomic mass is 9.80. The number of nitrogens with zero attached hydrogens (tertiary/aromatic N) is 1. The summed E-state index contributed by atoms with van der Waals surface area (Å²) in [6.07, 6.45) is 3.46. The topological polar surface area (TPSA) is 95.4 Å². The lowest BCUT2D eigenvalue weighted by molar-refractivity contribution is -0.146. The van der Waals surface area contributed by atoms with Gasteiger partial charge in [-0.3, -0.25) is 9.59 Å². The summed E-state index contributed by atoms with van der Waals surface area (Å²) in [7, 11) is 0. The summed E-state index contributed by atoms with van der Waals surface area (Å²) in [4.78, 5) is 25.3. The quantitative estimate of drug-likeness (QED) is 0.279. The Morgan fingerprint density at radius 2 is 1.64 bits per heavy atom. The Morgan fingerprint density at radius 3 is 2.28 bits per heavy atom. The molecule has 1 unspecified atom stereocenters. The number of hydrogen-bond donors (Lipinski definition) is 1. The number of nitrogens with two attached hydrogens (primary N) is 1. The molecule has 1 amide bonds. The number of aromatic nitrogens is 1. The van der Waals surface area contributed by atoms with Gasteiger partial charge in [-0.15, -0.1) is 0 Å². The lowest BCUT2D eigenvalue weighted by Gasteiger charge is -2.22. The van der Waals surface area contributed by atoms with E-state index in [4.69, 9.17) is 15.0 Å². The van der Waals surface area contributed by atoms with Gasteiger partial charge in [-0.2, -0.15) is 0 Å². The number of benzene rings is 3. The van der Waals surface area contributed by atoms with Crippen molar-refractivity contribution in [3.63, 3.8) is 0 Å². The van der Waals surface area contributed by atoms with Crippen molar-refractivity contribution in [1.82, 2.24) is 5.16 Å². The molecule has 2 aliphatic rings. The molecule has 0 spiro atoms. The monoisotopic (exact) mass is 520 g/mol. The fraction of sp³-hybridized carbons (Fsp3) is 0.303. The van der Waals surface area contributed by atoms with E-state index >= 15 is 0 Å².